The van der Waals surface area contributed by atoms with Gasteiger partial charge in [-0.15, -0.1) is 0 Å². The number of carbonyl (C=O) groups excluding carboxylic acids is 2. The van der Waals surface area contributed by atoms with E-state index in [-0.39, 0.29) is 42.5 Å². The number of amides is 1. The first kappa shape index (κ1) is 18.0. The zero-order valence-electron chi connectivity index (χ0n) is 14.7. The van der Waals surface area contributed by atoms with E-state index in [9.17, 15) is 18.0 Å². The molecule has 1 aliphatic carbocycles. The third-order valence-electron chi connectivity index (χ3n) is 4.95. The number of esters is 1. The first-order chi connectivity index (χ1) is 12.9. The molecule has 0 bridgehead atoms. The van der Waals surface area contributed by atoms with E-state index >= 15 is 0 Å². The number of benzene rings is 1. The lowest BCUT2D eigenvalue weighted by Crippen LogP contribution is -2.44. The first-order valence-electron chi connectivity index (χ1n) is 8.93. The molecule has 2 aromatic rings. The number of nitrogens with zero attached hydrogens (tertiary/aromatic N) is 2. The van der Waals surface area contributed by atoms with Crippen LogP contribution in [0.3, 0.4) is 0 Å². The summed E-state index contributed by atoms with van der Waals surface area (Å²) in [4.78, 5) is 26.3. The van der Waals surface area contributed by atoms with Gasteiger partial charge in [-0.05, 0) is 31.4 Å². The maximum Gasteiger partial charge on any atom is 0.312 e. The third kappa shape index (κ3) is 3.97. The molecule has 4 rings (SSSR count). The van der Waals surface area contributed by atoms with Gasteiger partial charge in [0.15, 0.2) is 22.0 Å². The zero-order chi connectivity index (χ0) is 19.0. The smallest absolute Gasteiger partial charge is 0.312 e. The van der Waals surface area contributed by atoms with Gasteiger partial charge < -0.3 is 14.2 Å². The average Bonchev–Trinajstić information content (AvgIpc) is 3.29. The zero-order valence-corrected chi connectivity index (χ0v) is 15.5. The average molecular weight is 392 g/mol. The first-order valence-corrected chi connectivity index (χ1v) is 10.8. The minimum Gasteiger partial charge on any atom is -0.455 e. The van der Waals surface area contributed by atoms with Crippen molar-refractivity contribution in [2.24, 2.45) is 0 Å². The second-order valence-electron chi connectivity index (χ2n) is 7.05. The van der Waals surface area contributed by atoms with Crippen molar-refractivity contribution in [3.05, 3.63) is 30.0 Å². The molecule has 1 aromatic heterocycles. The molecule has 2 heterocycles. The Morgan fingerprint density at radius 3 is 2.67 bits per heavy atom. The lowest BCUT2D eigenvalue weighted by molar-refractivity contribution is -0.152. The molecule has 27 heavy (non-hydrogen) atoms. The maximum atomic E-state index is 12.6. The lowest BCUT2D eigenvalue weighted by Gasteiger charge is -2.28. The van der Waals surface area contributed by atoms with Gasteiger partial charge in [0, 0.05) is 17.5 Å². The molecule has 1 aliphatic heterocycles. The highest BCUT2D eigenvalue weighted by Crippen LogP contribution is 2.32. The fourth-order valence-corrected chi connectivity index (χ4v) is 5.23. The standard InChI is InChI=1S/C18H20N2O6S/c21-17(20(12-5-6-12)13-7-8-27(23,24)11-13)10-25-18(22)9-15-14-3-1-2-4-16(14)26-19-15/h1-4,12-13H,5-11H2/t13-/m0/s1. The molecule has 144 valence electrons. The minimum atomic E-state index is -3.09. The summed E-state index contributed by atoms with van der Waals surface area (Å²) in [5, 5.41) is 4.61. The Balaban J connectivity index is 1.35. The number of hydrogen-bond acceptors (Lipinski definition) is 7. The number of para-hydroxylation sites is 1. The van der Waals surface area contributed by atoms with Gasteiger partial charge >= 0.3 is 5.97 Å². The molecule has 1 saturated carbocycles. The summed E-state index contributed by atoms with van der Waals surface area (Å²) in [5.41, 5.74) is 1.04. The van der Waals surface area contributed by atoms with Crippen LogP contribution in [0.2, 0.25) is 0 Å². The summed E-state index contributed by atoms with van der Waals surface area (Å²) >= 11 is 0. The van der Waals surface area contributed by atoms with E-state index in [1.165, 1.54) is 0 Å². The van der Waals surface area contributed by atoms with Crippen LogP contribution in [0.1, 0.15) is 25.0 Å². The fourth-order valence-electron chi connectivity index (χ4n) is 3.52. The highest BCUT2D eigenvalue weighted by Gasteiger charge is 2.42. The van der Waals surface area contributed by atoms with Crippen LogP contribution >= 0.6 is 0 Å². The highest BCUT2D eigenvalue weighted by molar-refractivity contribution is 7.91. The molecule has 8 nitrogen and oxygen atoms in total. The molecule has 0 N–H and O–H groups in total. The Kier molecular flexibility index (Phi) is 4.63. The number of fused-ring (bicyclic) bond motifs is 1. The summed E-state index contributed by atoms with van der Waals surface area (Å²) in [5.74, 6) is -0.809. The quantitative estimate of drug-likeness (QED) is 0.677. The maximum absolute atomic E-state index is 12.6. The van der Waals surface area contributed by atoms with E-state index in [1.54, 1.807) is 17.0 Å². The van der Waals surface area contributed by atoms with Gasteiger partial charge in [-0.1, -0.05) is 17.3 Å². The van der Waals surface area contributed by atoms with Crippen LogP contribution in [0.5, 0.6) is 0 Å². The fraction of sp³-hybridized carbons (Fsp3) is 0.500. The summed E-state index contributed by atoms with van der Waals surface area (Å²) in [7, 11) is -3.09. The molecule has 9 heteroatoms. The summed E-state index contributed by atoms with van der Waals surface area (Å²) in [6.07, 6.45) is 2.08. The van der Waals surface area contributed by atoms with E-state index in [0.29, 0.717) is 17.7 Å². The van der Waals surface area contributed by atoms with E-state index in [0.717, 1.165) is 18.2 Å². The number of aromatic nitrogens is 1. The van der Waals surface area contributed by atoms with Gasteiger partial charge in [-0.2, -0.15) is 0 Å². The highest BCUT2D eigenvalue weighted by atomic mass is 32.2. The number of sulfone groups is 1. The van der Waals surface area contributed by atoms with Crippen LogP contribution in [-0.2, 0) is 30.6 Å². The lowest BCUT2D eigenvalue weighted by atomic mass is 10.2. The summed E-state index contributed by atoms with van der Waals surface area (Å²) < 4.78 is 33.7. The topological polar surface area (TPSA) is 107 Å². The Morgan fingerprint density at radius 2 is 1.96 bits per heavy atom. The molecule has 1 saturated heterocycles. The monoisotopic (exact) mass is 392 g/mol. The third-order valence-corrected chi connectivity index (χ3v) is 6.70. The second kappa shape index (κ2) is 6.95. The Morgan fingerprint density at radius 1 is 1.19 bits per heavy atom. The van der Waals surface area contributed by atoms with Crippen molar-refractivity contribution in [3.8, 4) is 0 Å². The Bertz CT molecular complexity index is 979. The molecular weight excluding hydrogens is 372 g/mol. The molecule has 1 amide bonds. The van der Waals surface area contributed by atoms with E-state index in [1.807, 2.05) is 12.1 Å². The molecule has 0 radical (unpaired) electrons. The Hall–Kier alpha value is -2.42. The summed E-state index contributed by atoms with van der Waals surface area (Å²) in [6, 6.07) is 6.94. The molecule has 2 fully saturated rings. The second-order valence-corrected chi connectivity index (χ2v) is 9.28. The van der Waals surface area contributed by atoms with Gasteiger partial charge in [0.1, 0.15) is 5.69 Å². The molecule has 1 atom stereocenters. The van der Waals surface area contributed by atoms with Gasteiger partial charge in [0.25, 0.3) is 5.91 Å². The van der Waals surface area contributed by atoms with Crippen molar-refractivity contribution in [2.45, 2.75) is 37.8 Å². The van der Waals surface area contributed by atoms with Crippen LogP contribution in [0.15, 0.2) is 28.8 Å². The SMILES string of the molecule is O=C(Cc1noc2ccccc12)OCC(=O)N(C1CC1)[C@H]1CCS(=O)(=O)C1. The van der Waals surface area contributed by atoms with Crippen LogP contribution in [0.25, 0.3) is 11.0 Å². The predicted octanol–water partition coefficient (Wildman–Crippen LogP) is 1.09. The number of hydrogen-bond donors (Lipinski definition) is 0. The van der Waals surface area contributed by atoms with Gasteiger partial charge in [0.2, 0.25) is 0 Å². The Labute approximate surface area is 156 Å². The number of carbonyl (C=O) groups is 2. The van der Waals surface area contributed by atoms with Crippen molar-refractivity contribution < 1.29 is 27.3 Å². The van der Waals surface area contributed by atoms with Crippen LogP contribution < -0.4 is 0 Å². The number of rotatable bonds is 6. The molecule has 0 unspecified atom stereocenters. The normalized spacial score (nSPS) is 21.3. The van der Waals surface area contributed by atoms with Crippen molar-refractivity contribution in [2.75, 3.05) is 18.1 Å². The van der Waals surface area contributed by atoms with Crippen LogP contribution in [0.4, 0.5) is 0 Å². The van der Waals surface area contributed by atoms with Gasteiger partial charge in [0.05, 0.1) is 17.9 Å². The van der Waals surface area contributed by atoms with Crippen LogP contribution in [0, 0.1) is 0 Å². The minimum absolute atomic E-state index is 0.00584. The van der Waals surface area contributed by atoms with E-state index in [2.05, 4.69) is 5.16 Å². The molecule has 2 aliphatic rings. The predicted molar refractivity (Wildman–Crippen MR) is 95.6 cm³/mol. The molecular formula is C18H20N2O6S. The van der Waals surface area contributed by atoms with E-state index in [4.69, 9.17) is 9.26 Å². The number of ether oxygens (including phenoxy) is 1. The molecule has 1 aromatic carbocycles. The van der Waals surface area contributed by atoms with E-state index < -0.39 is 15.8 Å². The van der Waals surface area contributed by atoms with Crippen molar-refractivity contribution in [1.82, 2.24) is 10.1 Å². The van der Waals surface area contributed by atoms with Crippen molar-refractivity contribution in [1.29, 1.82) is 0 Å². The summed E-state index contributed by atoms with van der Waals surface area (Å²) in [6.45, 7) is -0.387. The van der Waals surface area contributed by atoms with Crippen molar-refractivity contribution >= 4 is 32.7 Å². The van der Waals surface area contributed by atoms with Crippen molar-refractivity contribution in [3.63, 3.8) is 0 Å². The molecule has 0 spiro atoms. The van der Waals surface area contributed by atoms with Crippen LogP contribution in [-0.4, -0.2) is 60.5 Å². The van der Waals surface area contributed by atoms with Gasteiger partial charge in [-0.25, -0.2) is 8.42 Å². The van der Waals surface area contributed by atoms with Gasteiger partial charge in [-0.3, -0.25) is 9.59 Å². The largest absolute Gasteiger partial charge is 0.455 e.